The highest BCUT2D eigenvalue weighted by molar-refractivity contribution is 7.15. The number of hydrogen-bond acceptors (Lipinski definition) is 6. The van der Waals surface area contributed by atoms with E-state index in [1.807, 2.05) is 67.6 Å². The van der Waals surface area contributed by atoms with E-state index in [0.29, 0.717) is 6.54 Å². The molecule has 0 saturated carbocycles. The summed E-state index contributed by atoms with van der Waals surface area (Å²) < 4.78 is 1.77. The number of thiazole rings is 1. The molecule has 0 unspecified atom stereocenters. The molecule has 0 amide bonds. The van der Waals surface area contributed by atoms with E-state index in [2.05, 4.69) is 32.7 Å². The fourth-order valence-corrected chi connectivity index (χ4v) is 4.13. The number of nitrogens with one attached hydrogen (secondary N) is 1. The van der Waals surface area contributed by atoms with Crippen LogP contribution in [0.5, 0.6) is 0 Å². The van der Waals surface area contributed by atoms with Crippen LogP contribution in [0.2, 0.25) is 0 Å². The number of hydrogen-bond donors (Lipinski definition) is 1. The number of rotatable bonds is 5. The van der Waals surface area contributed by atoms with Crippen molar-refractivity contribution in [2.75, 3.05) is 5.32 Å². The minimum Gasteiger partial charge on any atom is -0.364 e. The Morgan fingerprint density at radius 1 is 0.862 bits per heavy atom. The molecular weight excluding hydrogens is 380 g/mol. The van der Waals surface area contributed by atoms with Gasteiger partial charge in [0.25, 0.3) is 0 Å². The van der Waals surface area contributed by atoms with Crippen molar-refractivity contribution in [3.63, 3.8) is 0 Å². The van der Waals surface area contributed by atoms with Crippen molar-refractivity contribution >= 4 is 22.8 Å². The van der Waals surface area contributed by atoms with Gasteiger partial charge in [-0.15, -0.1) is 26.6 Å². The summed E-state index contributed by atoms with van der Waals surface area (Å²) >= 11 is 1.70. The lowest BCUT2D eigenvalue weighted by molar-refractivity contribution is 0.926. The summed E-state index contributed by atoms with van der Waals surface area (Å²) in [6, 6.07) is 24.1. The standard InChI is InChI=1S/C22H18N6S/c1-15-18(29-22(24-15)17-10-6-3-7-11-17)14-23-19-12-13-20-25-26-21(28(20)27-19)16-8-4-2-5-9-16/h2-13H,14H2,1H3,(H,23,27). The number of fused-ring (bicyclic) bond motifs is 1. The molecule has 0 aliphatic rings. The maximum atomic E-state index is 4.72. The van der Waals surface area contributed by atoms with E-state index in [-0.39, 0.29) is 0 Å². The van der Waals surface area contributed by atoms with Crippen LogP contribution < -0.4 is 5.32 Å². The van der Waals surface area contributed by atoms with Crippen LogP contribution in [0.25, 0.3) is 27.6 Å². The topological polar surface area (TPSA) is 68.0 Å². The van der Waals surface area contributed by atoms with Gasteiger partial charge in [-0.05, 0) is 19.1 Å². The van der Waals surface area contributed by atoms with Gasteiger partial charge in [0.2, 0.25) is 0 Å². The quantitative estimate of drug-likeness (QED) is 0.459. The average molecular weight is 398 g/mol. The van der Waals surface area contributed by atoms with Gasteiger partial charge in [0.1, 0.15) is 10.8 Å². The van der Waals surface area contributed by atoms with Crippen LogP contribution >= 0.6 is 11.3 Å². The maximum absolute atomic E-state index is 4.72. The van der Waals surface area contributed by atoms with Crippen LogP contribution in [0.4, 0.5) is 5.82 Å². The molecule has 5 rings (SSSR count). The second-order valence-electron chi connectivity index (χ2n) is 6.63. The monoisotopic (exact) mass is 398 g/mol. The van der Waals surface area contributed by atoms with E-state index in [1.165, 1.54) is 4.88 Å². The van der Waals surface area contributed by atoms with Crippen molar-refractivity contribution in [1.29, 1.82) is 0 Å². The van der Waals surface area contributed by atoms with Gasteiger partial charge in [-0.3, -0.25) is 0 Å². The largest absolute Gasteiger partial charge is 0.364 e. The maximum Gasteiger partial charge on any atom is 0.185 e. The molecule has 5 aromatic rings. The Hall–Kier alpha value is -3.58. The molecule has 142 valence electrons. The molecule has 0 radical (unpaired) electrons. The Balaban J connectivity index is 1.40. The highest BCUT2D eigenvalue weighted by Gasteiger charge is 2.12. The van der Waals surface area contributed by atoms with Crippen molar-refractivity contribution in [2.45, 2.75) is 13.5 Å². The summed E-state index contributed by atoms with van der Waals surface area (Å²) in [5.74, 6) is 1.49. The molecule has 0 saturated heterocycles. The van der Waals surface area contributed by atoms with Crippen LogP contribution in [0, 0.1) is 6.92 Å². The van der Waals surface area contributed by atoms with E-state index in [4.69, 9.17) is 4.98 Å². The van der Waals surface area contributed by atoms with Crippen molar-refractivity contribution < 1.29 is 0 Å². The third-order valence-electron chi connectivity index (χ3n) is 4.64. The Morgan fingerprint density at radius 2 is 1.59 bits per heavy atom. The third kappa shape index (κ3) is 3.48. The van der Waals surface area contributed by atoms with Gasteiger partial charge in [0, 0.05) is 16.0 Å². The molecule has 3 aromatic heterocycles. The van der Waals surface area contributed by atoms with Gasteiger partial charge in [0.15, 0.2) is 11.5 Å². The Morgan fingerprint density at radius 3 is 2.34 bits per heavy atom. The summed E-state index contributed by atoms with van der Waals surface area (Å²) in [5.41, 5.74) is 3.88. The zero-order chi connectivity index (χ0) is 19.6. The number of nitrogens with zero attached hydrogens (tertiary/aromatic N) is 5. The van der Waals surface area contributed by atoms with E-state index < -0.39 is 0 Å². The van der Waals surface area contributed by atoms with E-state index in [1.54, 1.807) is 15.9 Å². The number of anilines is 1. The lowest BCUT2D eigenvalue weighted by Gasteiger charge is -2.05. The summed E-state index contributed by atoms with van der Waals surface area (Å²) in [7, 11) is 0. The first kappa shape index (κ1) is 17.5. The van der Waals surface area contributed by atoms with Gasteiger partial charge in [-0.25, -0.2) is 4.98 Å². The van der Waals surface area contributed by atoms with Gasteiger partial charge < -0.3 is 5.32 Å². The molecule has 29 heavy (non-hydrogen) atoms. The summed E-state index contributed by atoms with van der Waals surface area (Å²) in [6.07, 6.45) is 0. The lowest BCUT2D eigenvalue weighted by atomic mass is 10.2. The van der Waals surface area contributed by atoms with E-state index in [9.17, 15) is 0 Å². The SMILES string of the molecule is Cc1nc(-c2ccccc2)sc1CNc1ccc2nnc(-c3ccccc3)n2n1. The number of aromatic nitrogens is 5. The van der Waals surface area contributed by atoms with Crippen molar-refractivity contribution in [2.24, 2.45) is 0 Å². The van der Waals surface area contributed by atoms with Crippen molar-refractivity contribution in [3.05, 3.63) is 83.4 Å². The van der Waals surface area contributed by atoms with Crippen LogP contribution in [0.1, 0.15) is 10.6 Å². The summed E-state index contributed by atoms with van der Waals surface area (Å²) in [4.78, 5) is 5.91. The first-order valence-electron chi connectivity index (χ1n) is 9.31. The minimum absolute atomic E-state index is 0.664. The van der Waals surface area contributed by atoms with Gasteiger partial charge in [0.05, 0.1) is 12.2 Å². The molecule has 0 aliphatic heterocycles. The van der Waals surface area contributed by atoms with Gasteiger partial charge in [-0.1, -0.05) is 60.7 Å². The Labute approximate surface area is 171 Å². The molecule has 1 N–H and O–H groups in total. The van der Waals surface area contributed by atoms with Crippen molar-refractivity contribution in [3.8, 4) is 22.0 Å². The zero-order valence-electron chi connectivity index (χ0n) is 15.8. The Kier molecular flexibility index (Phi) is 4.50. The fourth-order valence-electron chi connectivity index (χ4n) is 3.12. The third-order valence-corrected chi connectivity index (χ3v) is 5.84. The summed E-state index contributed by atoms with van der Waals surface area (Å²) in [5, 5.41) is 17.6. The van der Waals surface area contributed by atoms with Gasteiger partial charge >= 0.3 is 0 Å². The molecular formula is C22H18N6S. The summed E-state index contributed by atoms with van der Waals surface area (Å²) in [6.45, 7) is 2.71. The van der Waals surface area contributed by atoms with E-state index >= 15 is 0 Å². The molecule has 0 aliphatic carbocycles. The molecule has 0 bridgehead atoms. The predicted octanol–water partition coefficient (Wildman–Crippen LogP) is 4.84. The molecule has 3 heterocycles. The van der Waals surface area contributed by atoms with E-state index in [0.717, 1.165) is 39.1 Å². The first-order valence-corrected chi connectivity index (χ1v) is 10.1. The molecule has 2 aromatic carbocycles. The van der Waals surface area contributed by atoms with Crippen LogP contribution in [-0.4, -0.2) is 24.8 Å². The van der Waals surface area contributed by atoms with Crippen molar-refractivity contribution in [1.82, 2.24) is 24.8 Å². The average Bonchev–Trinajstić information content (AvgIpc) is 3.36. The highest BCUT2D eigenvalue weighted by Crippen LogP contribution is 2.28. The first-order chi connectivity index (χ1) is 14.3. The zero-order valence-corrected chi connectivity index (χ0v) is 16.6. The van der Waals surface area contributed by atoms with Crippen LogP contribution in [0.15, 0.2) is 72.8 Å². The molecule has 6 nitrogen and oxygen atoms in total. The predicted molar refractivity (Wildman–Crippen MR) is 116 cm³/mol. The second-order valence-corrected chi connectivity index (χ2v) is 7.71. The highest BCUT2D eigenvalue weighted by atomic mass is 32.1. The second kappa shape index (κ2) is 7.44. The normalized spacial score (nSPS) is 11.1. The molecule has 0 fully saturated rings. The Bertz CT molecular complexity index is 1260. The number of aryl methyl sites for hydroxylation is 1. The number of benzene rings is 2. The molecule has 0 spiro atoms. The molecule has 0 atom stereocenters. The molecule has 7 heteroatoms. The minimum atomic E-state index is 0.664. The van der Waals surface area contributed by atoms with Crippen LogP contribution in [0.3, 0.4) is 0 Å². The fraction of sp³-hybridized carbons (Fsp3) is 0.0909. The lowest BCUT2D eigenvalue weighted by Crippen LogP contribution is -2.04. The van der Waals surface area contributed by atoms with Gasteiger partial charge in [-0.2, -0.15) is 4.52 Å². The smallest absolute Gasteiger partial charge is 0.185 e. The van der Waals surface area contributed by atoms with Crippen LogP contribution in [-0.2, 0) is 6.54 Å².